The fourth-order valence-corrected chi connectivity index (χ4v) is 3.97. The highest BCUT2D eigenvalue weighted by atomic mass is 19.1. The first-order chi connectivity index (χ1) is 12.3. The van der Waals surface area contributed by atoms with Gasteiger partial charge < -0.3 is 4.74 Å². The van der Waals surface area contributed by atoms with Crippen LogP contribution in [-0.4, -0.2) is 30.2 Å². The molecule has 2 bridgehead atoms. The molecule has 4 rings (SSSR count). The lowest BCUT2D eigenvalue weighted by Gasteiger charge is -2.45. The Morgan fingerprint density at radius 1 is 0.960 bits per heavy atom. The van der Waals surface area contributed by atoms with Crippen LogP contribution in [0.25, 0.3) is 0 Å². The molecular formula is C22H24FNO. The number of aryl methyl sites for hydroxylation is 1. The summed E-state index contributed by atoms with van der Waals surface area (Å²) < 4.78 is 19.6. The van der Waals surface area contributed by atoms with Crippen LogP contribution in [0.3, 0.4) is 0 Å². The predicted molar refractivity (Wildman–Crippen MR) is 97.8 cm³/mol. The summed E-state index contributed by atoms with van der Waals surface area (Å²) in [5, 5.41) is 0. The first-order valence-electron chi connectivity index (χ1n) is 9.10. The average molecular weight is 337 g/mol. The standard InChI is InChI=1S/C22H24FNO/c23-22-9-5-4-8-19(22)11-10-18-12-20-15-25-16-21(13-18)24(20)14-17-6-2-1-3-7-17/h1-9,12,20-21H,10-11,13-16H2. The highest BCUT2D eigenvalue weighted by molar-refractivity contribution is 5.23. The number of morpholine rings is 1. The molecule has 3 heteroatoms. The van der Waals surface area contributed by atoms with E-state index in [1.54, 1.807) is 12.1 Å². The summed E-state index contributed by atoms with van der Waals surface area (Å²) in [6.45, 7) is 2.52. The Morgan fingerprint density at radius 2 is 1.76 bits per heavy atom. The third-order valence-electron chi connectivity index (χ3n) is 5.30. The van der Waals surface area contributed by atoms with Crippen LogP contribution in [0.5, 0.6) is 0 Å². The van der Waals surface area contributed by atoms with Gasteiger partial charge >= 0.3 is 0 Å². The maximum Gasteiger partial charge on any atom is 0.126 e. The van der Waals surface area contributed by atoms with Crippen LogP contribution in [-0.2, 0) is 17.7 Å². The molecule has 2 aliphatic rings. The molecule has 0 saturated carbocycles. The van der Waals surface area contributed by atoms with Gasteiger partial charge in [-0.25, -0.2) is 4.39 Å². The van der Waals surface area contributed by atoms with E-state index in [4.69, 9.17) is 4.74 Å². The number of hydrogen-bond donors (Lipinski definition) is 0. The van der Waals surface area contributed by atoms with Gasteiger partial charge in [-0.2, -0.15) is 0 Å². The minimum absolute atomic E-state index is 0.0897. The molecule has 0 N–H and O–H groups in total. The van der Waals surface area contributed by atoms with Crippen LogP contribution in [0, 0.1) is 5.82 Å². The summed E-state index contributed by atoms with van der Waals surface area (Å²) >= 11 is 0. The minimum Gasteiger partial charge on any atom is -0.378 e. The average Bonchev–Trinajstić information content (AvgIpc) is 2.62. The van der Waals surface area contributed by atoms with E-state index >= 15 is 0 Å². The van der Waals surface area contributed by atoms with Gasteiger partial charge in [-0.1, -0.05) is 60.2 Å². The van der Waals surface area contributed by atoms with Gasteiger partial charge in [-0.3, -0.25) is 4.90 Å². The van der Waals surface area contributed by atoms with E-state index < -0.39 is 0 Å². The number of benzene rings is 2. The first kappa shape index (κ1) is 16.5. The van der Waals surface area contributed by atoms with Crippen LogP contribution in [0.2, 0.25) is 0 Å². The Morgan fingerprint density at radius 3 is 2.56 bits per heavy atom. The SMILES string of the molecule is Fc1ccccc1CCC1=CC2COCC(C1)N2Cc1ccccc1. The fourth-order valence-electron chi connectivity index (χ4n) is 3.97. The molecular weight excluding hydrogens is 313 g/mol. The maximum absolute atomic E-state index is 13.8. The van der Waals surface area contributed by atoms with E-state index in [0.29, 0.717) is 12.1 Å². The summed E-state index contributed by atoms with van der Waals surface area (Å²) in [6.07, 6.45) is 5.10. The third kappa shape index (κ3) is 3.83. The normalized spacial score (nSPS) is 23.3. The maximum atomic E-state index is 13.8. The summed E-state index contributed by atoms with van der Waals surface area (Å²) in [4.78, 5) is 2.56. The topological polar surface area (TPSA) is 12.5 Å². The van der Waals surface area contributed by atoms with Crippen LogP contribution >= 0.6 is 0 Å². The molecule has 0 aromatic heterocycles. The zero-order valence-corrected chi connectivity index (χ0v) is 14.4. The zero-order valence-electron chi connectivity index (χ0n) is 14.4. The van der Waals surface area contributed by atoms with E-state index in [1.165, 1.54) is 11.1 Å². The molecule has 0 spiro atoms. The summed E-state index contributed by atoms with van der Waals surface area (Å²) in [6, 6.07) is 18.5. The Labute approximate surface area is 148 Å². The smallest absolute Gasteiger partial charge is 0.126 e. The molecule has 0 aliphatic carbocycles. The molecule has 2 heterocycles. The molecule has 25 heavy (non-hydrogen) atoms. The van der Waals surface area contributed by atoms with Gasteiger partial charge in [-0.05, 0) is 36.5 Å². The Bertz CT molecular complexity index is 743. The monoisotopic (exact) mass is 337 g/mol. The van der Waals surface area contributed by atoms with Crippen molar-refractivity contribution < 1.29 is 9.13 Å². The van der Waals surface area contributed by atoms with Crippen LogP contribution in [0.15, 0.2) is 66.2 Å². The molecule has 2 aliphatic heterocycles. The minimum atomic E-state index is -0.0897. The van der Waals surface area contributed by atoms with Crippen LogP contribution < -0.4 is 0 Å². The molecule has 2 aromatic carbocycles. The Balaban J connectivity index is 1.45. The van der Waals surface area contributed by atoms with E-state index in [0.717, 1.165) is 44.6 Å². The molecule has 2 aromatic rings. The van der Waals surface area contributed by atoms with Crippen molar-refractivity contribution in [1.29, 1.82) is 0 Å². The van der Waals surface area contributed by atoms with Gasteiger partial charge in [0.2, 0.25) is 0 Å². The fraction of sp³-hybridized carbons (Fsp3) is 0.364. The number of nitrogens with zero attached hydrogens (tertiary/aromatic N) is 1. The zero-order chi connectivity index (χ0) is 17.1. The Kier molecular flexibility index (Phi) is 4.95. The second-order valence-electron chi connectivity index (χ2n) is 7.04. The highest BCUT2D eigenvalue weighted by Crippen LogP contribution is 2.30. The summed E-state index contributed by atoms with van der Waals surface area (Å²) in [5.74, 6) is -0.0897. The van der Waals surface area contributed by atoms with Gasteiger partial charge in [0.1, 0.15) is 5.82 Å². The van der Waals surface area contributed by atoms with Crippen molar-refractivity contribution >= 4 is 0 Å². The van der Waals surface area contributed by atoms with E-state index in [9.17, 15) is 4.39 Å². The molecule has 1 fully saturated rings. The van der Waals surface area contributed by atoms with Crippen molar-refractivity contribution in [2.75, 3.05) is 13.2 Å². The second kappa shape index (κ2) is 7.51. The quantitative estimate of drug-likeness (QED) is 0.752. The summed E-state index contributed by atoms with van der Waals surface area (Å²) in [7, 11) is 0. The number of rotatable bonds is 5. The van der Waals surface area contributed by atoms with E-state index in [1.807, 2.05) is 12.1 Å². The van der Waals surface area contributed by atoms with Gasteiger partial charge in [0.15, 0.2) is 0 Å². The van der Waals surface area contributed by atoms with Gasteiger partial charge in [0.05, 0.1) is 19.3 Å². The molecule has 2 nitrogen and oxygen atoms in total. The second-order valence-corrected chi connectivity index (χ2v) is 7.04. The largest absolute Gasteiger partial charge is 0.378 e. The third-order valence-corrected chi connectivity index (χ3v) is 5.30. The van der Waals surface area contributed by atoms with Gasteiger partial charge in [0.25, 0.3) is 0 Å². The molecule has 2 atom stereocenters. The van der Waals surface area contributed by atoms with Crippen molar-refractivity contribution in [2.24, 2.45) is 0 Å². The summed E-state index contributed by atoms with van der Waals surface area (Å²) in [5.41, 5.74) is 3.62. The lowest BCUT2D eigenvalue weighted by Crippen LogP contribution is -2.53. The number of ether oxygens (including phenoxy) is 1. The number of fused-ring (bicyclic) bond motifs is 2. The molecule has 1 saturated heterocycles. The van der Waals surface area contributed by atoms with Crippen LogP contribution in [0.4, 0.5) is 4.39 Å². The predicted octanol–water partition coefficient (Wildman–Crippen LogP) is 4.36. The van der Waals surface area contributed by atoms with Crippen molar-refractivity contribution in [1.82, 2.24) is 4.90 Å². The lowest BCUT2D eigenvalue weighted by atomic mass is 9.90. The van der Waals surface area contributed by atoms with Crippen LogP contribution in [0.1, 0.15) is 24.0 Å². The number of hydrogen-bond acceptors (Lipinski definition) is 2. The molecule has 2 unspecified atom stereocenters. The van der Waals surface area contributed by atoms with Crippen molar-refractivity contribution in [3.8, 4) is 0 Å². The highest BCUT2D eigenvalue weighted by Gasteiger charge is 2.34. The first-order valence-corrected chi connectivity index (χ1v) is 9.10. The van der Waals surface area contributed by atoms with Gasteiger partial charge in [-0.15, -0.1) is 0 Å². The Hall–Kier alpha value is -1.97. The lowest BCUT2D eigenvalue weighted by molar-refractivity contribution is -0.0442. The van der Waals surface area contributed by atoms with Crippen molar-refractivity contribution in [3.63, 3.8) is 0 Å². The van der Waals surface area contributed by atoms with E-state index in [2.05, 4.69) is 41.3 Å². The molecule has 0 radical (unpaired) electrons. The van der Waals surface area contributed by atoms with Crippen molar-refractivity contribution in [3.05, 3.63) is 83.2 Å². The number of halogens is 1. The molecule has 0 amide bonds. The molecule has 130 valence electrons. The van der Waals surface area contributed by atoms with Gasteiger partial charge in [0, 0.05) is 12.6 Å². The van der Waals surface area contributed by atoms with E-state index in [-0.39, 0.29) is 5.82 Å². The van der Waals surface area contributed by atoms with Crippen molar-refractivity contribution in [2.45, 2.75) is 37.9 Å².